The molecular formula is C26H46O3S. The lowest BCUT2D eigenvalue weighted by Crippen LogP contribution is -2.10. The van der Waals surface area contributed by atoms with Gasteiger partial charge in [-0.3, -0.25) is 4.18 Å². The van der Waals surface area contributed by atoms with Crippen LogP contribution < -0.4 is 0 Å². The highest BCUT2D eigenvalue weighted by Crippen LogP contribution is 2.18. The first-order valence-corrected chi connectivity index (χ1v) is 13.9. The van der Waals surface area contributed by atoms with Gasteiger partial charge in [-0.15, -0.1) is 0 Å². The van der Waals surface area contributed by atoms with Crippen LogP contribution >= 0.6 is 0 Å². The van der Waals surface area contributed by atoms with Gasteiger partial charge in [0.05, 0.1) is 11.5 Å². The third-order valence-electron chi connectivity index (χ3n) is 5.93. The van der Waals surface area contributed by atoms with Gasteiger partial charge in [0.15, 0.2) is 0 Å². The first kappa shape index (κ1) is 27.2. The molecule has 1 rings (SSSR count). The van der Waals surface area contributed by atoms with Crippen LogP contribution in [0.25, 0.3) is 0 Å². The molecule has 0 aromatic heterocycles. The molecule has 1 aromatic rings. The van der Waals surface area contributed by atoms with Crippen LogP contribution in [0, 0.1) is 5.92 Å². The molecule has 0 heterocycles. The van der Waals surface area contributed by atoms with Crippen LogP contribution in [-0.4, -0.2) is 15.0 Å². The number of rotatable bonds is 20. The average molecular weight is 439 g/mol. The zero-order valence-corrected chi connectivity index (χ0v) is 20.4. The van der Waals surface area contributed by atoms with Crippen LogP contribution in [0.4, 0.5) is 0 Å². The van der Waals surface area contributed by atoms with Gasteiger partial charge in [-0.1, -0.05) is 128 Å². The SMILES string of the molecule is CCCCCCCCCCCCCCCCC(C)CCOS(=O)(=O)c1ccccc1. The van der Waals surface area contributed by atoms with Crippen molar-refractivity contribution >= 4 is 10.1 Å². The highest BCUT2D eigenvalue weighted by Gasteiger charge is 2.14. The van der Waals surface area contributed by atoms with E-state index in [2.05, 4.69) is 13.8 Å². The van der Waals surface area contributed by atoms with Gasteiger partial charge < -0.3 is 0 Å². The molecular weight excluding hydrogens is 392 g/mol. The first-order chi connectivity index (χ1) is 14.6. The number of unbranched alkanes of at least 4 members (excludes halogenated alkanes) is 13. The molecule has 4 heteroatoms. The summed E-state index contributed by atoms with van der Waals surface area (Å²) in [6.45, 7) is 4.75. The van der Waals surface area contributed by atoms with E-state index in [4.69, 9.17) is 4.18 Å². The molecule has 0 amide bonds. The largest absolute Gasteiger partial charge is 0.296 e. The summed E-state index contributed by atoms with van der Waals surface area (Å²) in [7, 11) is -3.61. The molecule has 0 fully saturated rings. The third kappa shape index (κ3) is 14.2. The van der Waals surface area contributed by atoms with Gasteiger partial charge in [0.25, 0.3) is 10.1 Å². The Morgan fingerprint density at radius 1 is 0.700 bits per heavy atom. The Kier molecular flexibility index (Phi) is 16.1. The van der Waals surface area contributed by atoms with Crippen LogP contribution in [0.2, 0.25) is 0 Å². The maximum atomic E-state index is 12.1. The standard InChI is InChI=1S/C26H46O3S/c1-3-4-5-6-7-8-9-10-11-12-13-14-15-17-20-25(2)23-24-29-30(27,28)26-21-18-16-19-22-26/h16,18-19,21-22,25H,3-15,17,20,23-24H2,1-2H3. The summed E-state index contributed by atoms with van der Waals surface area (Å²) in [6, 6.07) is 8.39. The summed E-state index contributed by atoms with van der Waals surface area (Å²) in [4.78, 5) is 0.240. The molecule has 0 radical (unpaired) electrons. The van der Waals surface area contributed by atoms with Crippen LogP contribution in [-0.2, 0) is 14.3 Å². The molecule has 3 nitrogen and oxygen atoms in total. The van der Waals surface area contributed by atoms with Crippen LogP contribution in [0.15, 0.2) is 35.2 Å². The number of hydrogen-bond donors (Lipinski definition) is 0. The fourth-order valence-corrected chi connectivity index (χ4v) is 4.79. The van der Waals surface area contributed by atoms with Crippen molar-refractivity contribution in [2.24, 2.45) is 5.92 Å². The van der Waals surface area contributed by atoms with Crippen LogP contribution in [0.5, 0.6) is 0 Å². The van der Waals surface area contributed by atoms with Crippen molar-refractivity contribution in [2.75, 3.05) is 6.61 Å². The maximum absolute atomic E-state index is 12.1. The molecule has 0 spiro atoms. The van der Waals surface area contributed by atoms with E-state index >= 15 is 0 Å². The van der Waals surface area contributed by atoms with Crippen molar-refractivity contribution in [2.45, 2.75) is 121 Å². The molecule has 1 atom stereocenters. The minimum absolute atomic E-state index is 0.240. The lowest BCUT2D eigenvalue weighted by molar-refractivity contribution is 0.280. The molecule has 1 unspecified atom stereocenters. The van der Waals surface area contributed by atoms with E-state index in [1.807, 2.05) is 0 Å². The smallest absolute Gasteiger partial charge is 0.266 e. The molecule has 30 heavy (non-hydrogen) atoms. The zero-order valence-electron chi connectivity index (χ0n) is 19.6. The van der Waals surface area contributed by atoms with Crippen molar-refractivity contribution in [1.82, 2.24) is 0 Å². The Balaban J connectivity index is 1.89. The van der Waals surface area contributed by atoms with E-state index in [0.717, 1.165) is 12.8 Å². The molecule has 0 aliphatic heterocycles. The second-order valence-electron chi connectivity index (χ2n) is 8.87. The van der Waals surface area contributed by atoms with E-state index in [1.54, 1.807) is 30.3 Å². The zero-order chi connectivity index (χ0) is 21.9. The van der Waals surface area contributed by atoms with Gasteiger partial charge in [0, 0.05) is 0 Å². The van der Waals surface area contributed by atoms with Crippen molar-refractivity contribution in [3.63, 3.8) is 0 Å². The maximum Gasteiger partial charge on any atom is 0.296 e. The summed E-state index contributed by atoms with van der Waals surface area (Å²) >= 11 is 0. The van der Waals surface area contributed by atoms with Crippen molar-refractivity contribution in [1.29, 1.82) is 0 Å². The Morgan fingerprint density at radius 3 is 1.67 bits per heavy atom. The number of hydrogen-bond acceptors (Lipinski definition) is 3. The lowest BCUT2D eigenvalue weighted by Gasteiger charge is -2.11. The van der Waals surface area contributed by atoms with Gasteiger partial charge in [-0.25, -0.2) is 0 Å². The summed E-state index contributed by atoms with van der Waals surface area (Å²) in [5, 5.41) is 0. The highest BCUT2D eigenvalue weighted by molar-refractivity contribution is 7.86. The van der Waals surface area contributed by atoms with E-state index in [9.17, 15) is 8.42 Å². The predicted octanol–water partition coefficient (Wildman–Crippen LogP) is 8.29. The molecule has 0 N–H and O–H groups in total. The fourth-order valence-electron chi connectivity index (χ4n) is 3.85. The second-order valence-corrected chi connectivity index (χ2v) is 10.5. The fraction of sp³-hybridized carbons (Fsp3) is 0.769. The van der Waals surface area contributed by atoms with Gasteiger partial charge >= 0.3 is 0 Å². The summed E-state index contributed by atoms with van der Waals surface area (Å²) in [5.74, 6) is 0.508. The van der Waals surface area contributed by atoms with Gasteiger partial charge in [0.2, 0.25) is 0 Å². The Labute approximate surface area is 187 Å². The van der Waals surface area contributed by atoms with Crippen molar-refractivity contribution < 1.29 is 12.6 Å². The van der Waals surface area contributed by atoms with Crippen LogP contribution in [0.1, 0.15) is 117 Å². The van der Waals surface area contributed by atoms with Gasteiger partial charge in [0.1, 0.15) is 0 Å². The van der Waals surface area contributed by atoms with Crippen molar-refractivity contribution in [3.8, 4) is 0 Å². The molecule has 0 saturated heterocycles. The Bertz CT molecular complexity index is 598. The van der Waals surface area contributed by atoms with Crippen LogP contribution in [0.3, 0.4) is 0 Å². The minimum atomic E-state index is -3.61. The molecule has 0 aliphatic carbocycles. The average Bonchev–Trinajstić information content (AvgIpc) is 2.74. The minimum Gasteiger partial charge on any atom is -0.266 e. The Hall–Kier alpha value is -0.870. The summed E-state index contributed by atoms with van der Waals surface area (Å²) < 4.78 is 29.4. The highest BCUT2D eigenvalue weighted by atomic mass is 32.2. The monoisotopic (exact) mass is 438 g/mol. The summed E-state index contributed by atoms with van der Waals surface area (Å²) in [6.07, 6.45) is 21.3. The normalized spacial score (nSPS) is 12.9. The van der Waals surface area contributed by atoms with E-state index in [1.165, 1.54) is 89.9 Å². The quantitative estimate of drug-likeness (QED) is 0.152. The first-order valence-electron chi connectivity index (χ1n) is 12.5. The molecule has 0 aliphatic rings. The second kappa shape index (κ2) is 17.8. The molecule has 0 bridgehead atoms. The lowest BCUT2D eigenvalue weighted by atomic mass is 9.99. The Morgan fingerprint density at radius 2 is 1.17 bits per heavy atom. The van der Waals surface area contributed by atoms with E-state index in [-0.39, 0.29) is 11.5 Å². The predicted molar refractivity (Wildman–Crippen MR) is 128 cm³/mol. The topological polar surface area (TPSA) is 43.4 Å². The van der Waals surface area contributed by atoms with E-state index < -0.39 is 10.1 Å². The van der Waals surface area contributed by atoms with E-state index in [0.29, 0.717) is 5.92 Å². The molecule has 174 valence electrons. The van der Waals surface area contributed by atoms with Crippen molar-refractivity contribution in [3.05, 3.63) is 30.3 Å². The molecule has 0 saturated carbocycles. The number of benzene rings is 1. The van der Waals surface area contributed by atoms with Gasteiger partial charge in [-0.05, 0) is 24.5 Å². The van der Waals surface area contributed by atoms with Gasteiger partial charge in [-0.2, -0.15) is 8.42 Å². The summed E-state index contributed by atoms with van der Waals surface area (Å²) in [5.41, 5.74) is 0. The molecule has 1 aromatic carbocycles. The third-order valence-corrected chi connectivity index (χ3v) is 7.26.